The van der Waals surface area contributed by atoms with Crippen molar-refractivity contribution in [3.05, 3.63) is 82.3 Å². The summed E-state index contributed by atoms with van der Waals surface area (Å²) < 4.78 is 41.5. The first kappa shape index (κ1) is 48.8. The Hall–Kier alpha value is -6.80. The molecule has 72 heavy (non-hydrogen) atoms. The van der Waals surface area contributed by atoms with Crippen LogP contribution in [0.4, 0.5) is 14.0 Å². The van der Waals surface area contributed by atoms with Gasteiger partial charge in [0.25, 0.3) is 0 Å². The SMILES string of the molecule is CCc1ncc([C@@H]2Oc3cc(-c4cnc([C@@H]5CCCN5C(=O)[C@@H](NC(=O)OC)C(C)C)[nH]4)cc(F)c3-c3cc4cc(-c5cnc([C@@H]6CCCN6C(=O)[C@@H](NC(=O)OC)[C@@H]6CCOC(C)(C)C6)[nH]5)ccc4n32)s1. The van der Waals surface area contributed by atoms with Gasteiger partial charge in [0.2, 0.25) is 18.0 Å². The third kappa shape index (κ3) is 9.18. The second kappa shape index (κ2) is 19.7. The van der Waals surface area contributed by atoms with Gasteiger partial charge in [0, 0.05) is 42.4 Å². The predicted octanol–water partition coefficient (Wildman–Crippen LogP) is 8.82. The number of carbonyl (C=O) groups is 4. The molecule has 4 aliphatic rings. The van der Waals surface area contributed by atoms with E-state index in [-0.39, 0.29) is 35.7 Å². The Morgan fingerprint density at radius 2 is 1.53 bits per heavy atom. The van der Waals surface area contributed by atoms with Crippen molar-refractivity contribution >= 4 is 46.2 Å². The standard InChI is InChI=1S/C52H61FN10O8S/c1-8-41-54-26-40(72-41)49-63-35-14-13-28(33-24-55-45(57-33)37-12-10-17-62(37)48(65)44(60-51(67)69-7)29-15-18-70-52(4,5)23-29)19-31(35)21-38(63)42-32(53)20-30(22-39(42)71-49)34-25-56-46(58-34)36-11-9-16-61(36)47(64)43(27(2)3)59-50(66)68-6/h13-14,19-22,24-27,29,36-37,43-44,49H,8-12,15-18,23H2,1-7H3,(H,55,57)(H,56,58)(H,59,66)(H,60,67)/t29-,36+,37+,43+,44+,49+/m1/s1. The van der Waals surface area contributed by atoms with Gasteiger partial charge in [0.15, 0.2) is 0 Å². The van der Waals surface area contributed by atoms with Gasteiger partial charge in [-0.15, -0.1) is 11.3 Å². The quantitative estimate of drug-likeness (QED) is 0.0910. The topological polar surface area (TPSA) is 211 Å². The molecule has 10 rings (SSSR count). The number of fused-ring (bicyclic) bond motifs is 5. The number of nitrogens with one attached hydrogen (secondary N) is 4. The fourth-order valence-electron chi connectivity index (χ4n) is 11.0. The first-order chi connectivity index (χ1) is 34.6. The summed E-state index contributed by atoms with van der Waals surface area (Å²) in [7, 11) is 2.56. The van der Waals surface area contributed by atoms with E-state index in [0.29, 0.717) is 85.3 Å². The van der Waals surface area contributed by atoms with Crippen molar-refractivity contribution in [1.29, 1.82) is 0 Å². The molecular formula is C52H61FN10O8S. The van der Waals surface area contributed by atoms with E-state index in [4.69, 9.17) is 28.9 Å². The van der Waals surface area contributed by atoms with Gasteiger partial charge in [-0.05, 0) is 101 Å². The summed E-state index contributed by atoms with van der Waals surface area (Å²) in [5.74, 6) is 0.393. The molecule has 20 heteroatoms. The van der Waals surface area contributed by atoms with E-state index >= 15 is 4.39 Å². The number of methoxy groups -OCH3 is 2. The highest BCUT2D eigenvalue weighted by molar-refractivity contribution is 7.11. The second-order valence-corrected chi connectivity index (χ2v) is 21.2. The number of nitrogens with zero attached hydrogens (tertiary/aromatic N) is 6. The Balaban J connectivity index is 0.945. The molecule has 2 aromatic carbocycles. The van der Waals surface area contributed by atoms with E-state index in [1.54, 1.807) is 28.6 Å². The third-order valence-corrected chi connectivity index (χ3v) is 15.8. The van der Waals surface area contributed by atoms with Crippen LogP contribution in [0.5, 0.6) is 5.75 Å². The van der Waals surface area contributed by atoms with E-state index in [9.17, 15) is 19.2 Å². The smallest absolute Gasteiger partial charge is 0.407 e. The van der Waals surface area contributed by atoms with Crippen molar-refractivity contribution in [3.63, 3.8) is 0 Å². The van der Waals surface area contributed by atoms with E-state index in [0.717, 1.165) is 51.3 Å². The number of ether oxygens (including phenoxy) is 4. The van der Waals surface area contributed by atoms with Gasteiger partial charge in [-0.1, -0.05) is 26.8 Å². The summed E-state index contributed by atoms with van der Waals surface area (Å²) >= 11 is 1.55. The molecule has 18 nitrogen and oxygen atoms in total. The maximum atomic E-state index is 16.9. The number of benzene rings is 2. The molecule has 0 bridgehead atoms. The zero-order valence-electron chi connectivity index (χ0n) is 41.5. The van der Waals surface area contributed by atoms with Gasteiger partial charge < -0.3 is 49.3 Å². The van der Waals surface area contributed by atoms with Crippen LogP contribution < -0.4 is 15.4 Å². The summed E-state index contributed by atoms with van der Waals surface area (Å²) in [6, 6.07) is 9.09. The van der Waals surface area contributed by atoms with Crippen molar-refractivity contribution in [2.45, 2.75) is 116 Å². The Bertz CT molecular complexity index is 3030. The molecule has 3 saturated heterocycles. The number of aryl methyl sites for hydroxylation is 1. The van der Waals surface area contributed by atoms with Crippen molar-refractivity contribution in [1.82, 2.24) is 49.9 Å². The molecule has 8 heterocycles. The molecular weight excluding hydrogens is 944 g/mol. The monoisotopic (exact) mass is 1000 g/mol. The first-order valence-corrected chi connectivity index (χ1v) is 25.6. The molecule has 0 saturated carbocycles. The number of hydrogen-bond acceptors (Lipinski definition) is 12. The third-order valence-electron chi connectivity index (χ3n) is 14.6. The fraction of sp³-hybridized carbons (Fsp3) is 0.481. The highest BCUT2D eigenvalue weighted by atomic mass is 32.1. The summed E-state index contributed by atoms with van der Waals surface area (Å²) in [5, 5.41) is 7.34. The Kier molecular flexibility index (Phi) is 13.3. The van der Waals surface area contributed by atoms with Gasteiger partial charge >= 0.3 is 12.2 Å². The molecule has 0 radical (unpaired) electrons. The van der Waals surface area contributed by atoms with Gasteiger partial charge in [-0.25, -0.2) is 28.9 Å². The van der Waals surface area contributed by atoms with Gasteiger partial charge in [0.1, 0.15) is 35.3 Å². The number of carbonyl (C=O) groups excluding carboxylic acids is 4. The van der Waals surface area contributed by atoms with Crippen LogP contribution in [0.15, 0.2) is 55.0 Å². The Morgan fingerprint density at radius 3 is 2.17 bits per heavy atom. The minimum atomic E-state index is -0.778. The lowest BCUT2D eigenvalue weighted by Gasteiger charge is -2.40. The summed E-state index contributed by atoms with van der Waals surface area (Å²) in [5.41, 5.74) is 4.06. The molecule has 4 aromatic heterocycles. The average Bonchev–Trinajstić information content (AvgIpc) is 4.23. The van der Waals surface area contributed by atoms with Crippen LogP contribution in [-0.2, 0) is 30.2 Å². The number of hydrogen-bond donors (Lipinski definition) is 4. The minimum absolute atomic E-state index is 0.132. The fourth-order valence-corrected chi connectivity index (χ4v) is 11.9. The molecule has 4 amide bonds. The molecule has 3 fully saturated rings. The highest BCUT2D eigenvalue weighted by Crippen LogP contribution is 2.48. The van der Waals surface area contributed by atoms with E-state index < -0.39 is 41.9 Å². The summed E-state index contributed by atoms with van der Waals surface area (Å²) in [6.07, 6.45) is 8.17. The van der Waals surface area contributed by atoms with Crippen LogP contribution in [-0.4, -0.2) is 115 Å². The van der Waals surface area contributed by atoms with Crippen LogP contribution in [0.1, 0.15) is 113 Å². The zero-order valence-corrected chi connectivity index (χ0v) is 42.4. The number of aromatic amines is 2. The van der Waals surface area contributed by atoms with Crippen molar-refractivity contribution in [2.24, 2.45) is 11.8 Å². The molecule has 380 valence electrons. The van der Waals surface area contributed by atoms with E-state index in [1.165, 1.54) is 20.3 Å². The van der Waals surface area contributed by atoms with Crippen molar-refractivity contribution < 1.29 is 42.5 Å². The number of alkyl carbamates (subject to hydrolysis) is 2. The van der Waals surface area contributed by atoms with Gasteiger partial charge in [-0.3, -0.25) is 14.2 Å². The van der Waals surface area contributed by atoms with Crippen LogP contribution >= 0.6 is 11.3 Å². The van der Waals surface area contributed by atoms with Crippen LogP contribution in [0.25, 0.3) is 44.7 Å². The molecule has 4 aliphatic heterocycles. The number of imidazole rings is 2. The highest BCUT2D eigenvalue weighted by Gasteiger charge is 2.43. The van der Waals surface area contributed by atoms with Crippen molar-refractivity contribution in [2.75, 3.05) is 33.9 Å². The molecule has 6 atom stereocenters. The normalized spacial score (nSPS) is 21.2. The largest absolute Gasteiger partial charge is 0.464 e. The molecule has 0 unspecified atom stereocenters. The lowest BCUT2D eigenvalue weighted by molar-refractivity contribution is -0.139. The minimum Gasteiger partial charge on any atom is -0.464 e. The van der Waals surface area contributed by atoms with E-state index in [1.807, 2.05) is 73.7 Å². The number of rotatable bonds is 12. The molecule has 0 spiro atoms. The maximum Gasteiger partial charge on any atom is 0.407 e. The van der Waals surface area contributed by atoms with Gasteiger partial charge in [-0.2, -0.15) is 0 Å². The van der Waals surface area contributed by atoms with Gasteiger partial charge in [0.05, 0.1) is 82.3 Å². The zero-order chi connectivity index (χ0) is 50.6. The molecule has 4 N–H and O–H groups in total. The maximum absolute atomic E-state index is 16.9. The number of likely N-dealkylation sites (tertiary alicyclic amines) is 2. The number of aromatic nitrogens is 6. The lowest BCUT2D eigenvalue weighted by Crippen LogP contribution is -2.54. The lowest BCUT2D eigenvalue weighted by atomic mass is 9.82. The molecule has 6 aromatic rings. The van der Waals surface area contributed by atoms with Crippen molar-refractivity contribution in [3.8, 4) is 39.5 Å². The van der Waals surface area contributed by atoms with E-state index in [2.05, 4.69) is 32.5 Å². The summed E-state index contributed by atoms with van der Waals surface area (Å²) in [6.45, 7) is 11.3. The van der Waals surface area contributed by atoms with Crippen LogP contribution in [0, 0.1) is 17.7 Å². The Morgan fingerprint density at radius 1 is 0.861 bits per heavy atom. The first-order valence-electron chi connectivity index (χ1n) is 24.8. The molecule has 0 aliphatic carbocycles. The number of H-pyrrole nitrogens is 2. The number of halogens is 1. The average molecular weight is 1010 g/mol. The predicted molar refractivity (Wildman–Crippen MR) is 266 cm³/mol. The van der Waals surface area contributed by atoms with Crippen LogP contribution in [0.2, 0.25) is 0 Å². The summed E-state index contributed by atoms with van der Waals surface area (Å²) in [4.78, 5) is 78.5. The number of thiazole rings is 1. The number of amides is 4. The second-order valence-electron chi connectivity index (χ2n) is 20.1. The Labute approximate surface area is 420 Å². The van der Waals surface area contributed by atoms with Crippen LogP contribution in [0.3, 0.4) is 0 Å².